The number of sulfonamides is 1. The Balaban J connectivity index is 1.42. The van der Waals surface area contributed by atoms with E-state index in [9.17, 15) is 22.8 Å². The number of amides is 3. The molecule has 3 heterocycles. The summed E-state index contributed by atoms with van der Waals surface area (Å²) in [4.78, 5) is 37.2. The van der Waals surface area contributed by atoms with Crippen molar-refractivity contribution in [2.24, 2.45) is 0 Å². The van der Waals surface area contributed by atoms with Crippen LogP contribution in [0.3, 0.4) is 0 Å². The first-order valence-corrected chi connectivity index (χ1v) is 10.2. The van der Waals surface area contributed by atoms with Crippen molar-refractivity contribution in [2.75, 3.05) is 13.1 Å². The third-order valence-corrected chi connectivity index (χ3v) is 6.41. The van der Waals surface area contributed by atoms with Gasteiger partial charge in [-0.1, -0.05) is 0 Å². The highest BCUT2D eigenvalue weighted by molar-refractivity contribution is 7.89. The molecule has 146 valence electrons. The topological polar surface area (TPSA) is 126 Å². The van der Waals surface area contributed by atoms with Crippen molar-refractivity contribution in [3.05, 3.63) is 53.5 Å². The van der Waals surface area contributed by atoms with Crippen LogP contribution < -0.4 is 10.0 Å². The Hall–Kier alpha value is -2.98. The molecule has 10 heteroatoms. The van der Waals surface area contributed by atoms with Gasteiger partial charge in [-0.3, -0.25) is 19.7 Å². The molecule has 0 unspecified atom stereocenters. The van der Waals surface area contributed by atoms with Crippen molar-refractivity contribution in [1.82, 2.24) is 14.9 Å². The summed E-state index contributed by atoms with van der Waals surface area (Å²) in [5.74, 6) is -1.29. The second-order valence-electron chi connectivity index (χ2n) is 6.69. The summed E-state index contributed by atoms with van der Waals surface area (Å²) < 4.78 is 32.9. The van der Waals surface area contributed by atoms with Gasteiger partial charge in [0.15, 0.2) is 0 Å². The van der Waals surface area contributed by atoms with E-state index >= 15 is 0 Å². The molecule has 2 N–H and O–H groups in total. The molecule has 0 saturated carbocycles. The van der Waals surface area contributed by atoms with Gasteiger partial charge in [-0.25, -0.2) is 13.1 Å². The Morgan fingerprint density at radius 3 is 2.50 bits per heavy atom. The lowest BCUT2D eigenvalue weighted by molar-refractivity contribution is 0.0710. The molecule has 1 aromatic heterocycles. The Morgan fingerprint density at radius 1 is 1.11 bits per heavy atom. The number of hydrogen-bond donors (Lipinski definition) is 2. The van der Waals surface area contributed by atoms with Gasteiger partial charge in [0.05, 0.1) is 27.8 Å². The molecule has 0 aliphatic carbocycles. The number of nitrogens with one attached hydrogen (secondary N) is 2. The Morgan fingerprint density at radius 2 is 1.82 bits per heavy atom. The van der Waals surface area contributed by atoms with Gasteiger partial charge in [0, 0.05) is 19.1 Å². The van der Waals surface area contributed by atoms with Gasteiger partial charge < -0.3 is 9.32 Å². The van der Waals surface area contributed by atoms with Crippen molar-refractivity contribution in [3.63, 3.8) is 0 Å². The normalized spacial score (nSPS) is 17.5. The van der Waals surface area contributed by atoms with Gasteiger partial charge in [-0.05, 0) is 37.1 Å². The standard InChI is InChI=1S/C18H17N3O6S/c22-16-14-2-1-13(9-15(14)17(23)19-16)28(25,26)20-12-3-6-21(7-4-12)18(24)11-5-8-27-10-11/h1-2,5,8-10,12,20H,3-4,6-7H2,(H,19,22,23). The van der Waals surface area contributed by atoms with Gasteiger partial charge in [0.2, 0.25) is 10.0 Å². The summed E-state index contributed by atoms with van der Waals surface area (Å²) in [6.07, 6.45) is 3.74. The van der Waals surface area contributed by atoms with Crippen LogP contribution in [0, 0.1) is 0 Å². The Kier molecular flexibility index (Phi) is 4.52. The van der Waals surface area contributed by atoms with E-state index in [1.54, 1.807) is 11.0 Å². The number of carbonyl (C=O) groups excluding carboxylic acids is 3. The molecule has 0 spiro atoms. The highest BCUT2D eigenvalue weighted by Crippen LogP contribution is 2.22. The SMILES string of the molecule is O=C1NC(=O)c2cc(S(=O)(=O)NC3CCN(C(=O)c4ccoc4)CC3)ccc21. The predicted octanol–water partition coefficient (Wildman–Crippen LogP) is 0.746. The molecule has 2 aliphatic heterocycles. The summed E-state index contributed by atoms with van der Waals surface area (Å²) >= 11 is 0. The van der Waals surface area contributed by atoms with Crippen LogP contribution in [0.25, 0.3) is 0 Å². The summed E-state index contributed by atoms with van der Waals surface area (Å²) in [6.45, 7) is 0.830. The summed E-state index contributed by atoms with van der Waals surface area (Å²) in [5, 5.41) is 2.13. The van der Waals surface area contributed by atoms with Crippen molar-refractivity contribution >= 4 is 27.7 Å². The molecule has 4 rings (SSSR count). The number of benzene rings is 1. The maximum atomic E-state index is 12.7. The van der Waals surface area contributed by atoms with E-state index in [0.29, 0.717) is 31.5 Å². The number of rotatable bonds is 4. The van der Waals surface area contributed by atoms with Crippen molar-refractivity contribution < 1.29 is 27.2 Å². The van der Waals surface area contributed by atoms with Crippen LogP contribution in [0.1, 0.15) is 43.9 Å². The van der Waals surface area contributed by atoms with Crippen molar-refractivity contribution in [2.45, 2.75) is 23.8 Å². The Bertz CT molecular complexity index is 1050. The second-order valence-corrected chi connectivity index (χ2v) is 8.40. The molecule has 1 saturated heterocycles. The molecule has 0 radical (unpaired) electrons. The number of carbonyl (C=O) groups is 3. The van der Waals surface area contributed by atoms with Gasteiger partial charge >= 0.3 is 0 Å². The van der Waals surface area contributed by atoms with E-state index in [1.807, 2.05) is 0 Å². The van der Waals surface area contributed by atoms with Crippen LogP contribution in [0.5, 0.6) is 0 Å². The van der Waals surface area contributed by atoms with Crippen LogP contribution in [-0.2, 0) is 10.0 Å². The molecule has 9 nitrogen and oxygen atoms in total. The molecular weight excluding hydrogens is 386 g/mol. The predicted molar refractivity (Wildman–Crippen MR) is 96.2 cm³/mol. The number of imide groups is 1. The molecule has 0 bridgehead atoms. The van der Waals surface area contributed by atoms with E-state index in [-0.39, 0.29) is 28.0 Å². The summed E-state index contributed by atoms with van der Waals surface area (Å²) in [5.41, 5.74) is 0.674. The zero-order valence-corrected chi connectivity index (χ0v) is 15.5. The van der Waals surface area contributed by atoms with Crippen LogP contribution >= 0.6 is 0 Å². The fourth-order valence-corrected chi connectivity index (χ4v) is 4.70. The van der Waals surface area contributed by atoms with E-state index < -0.39 is 21.8 Å². The molecule has 2 aromatic rings. The number of piperidine rings is 1. The second kappa shape index (κ2) is 6.88. The largest absolute Gasteiger partial charge is 0.472 e. The van der Waals surface area contributed by atoms with Gasteiger partial charge in [0.1, 0.15) is 6.26 Å². The first kappa shape index (κ1) is 18.4. The first-order chi connectivity index (χ1) is 13.3. The van der Waals surface area contributed by atoms with Gasteiger partial charge in [0.25, 0.3) is 17.7 Å². The van der Waals surface area contributed by atoms with Crippen LogP contribution in [0.4, 0.5) is 0 Å². The van der Waals surface area contributed by atoms with Crippen LogP contribution in [-0.4, -0.2) is 50.2 Å². The average Bonchev–Trinajstić information content (AvgIpc) is 3.30. The third-order valence-electron chi connectivity index (χ3n) is 4.89. The van der Waals surface area contributed by atoms with E-state index in [0.717, 1.165) is 0 Å². The van der Waals surface area contributed by atoms with Gasteiger partial charge in [-0.2, -0.15) is 0 Å². The number of nitrogens with zero attached hydrogens (tertiary/aromatic N) is 1. The smallest absolute Gasteiger partial charge is 0.258 e. The zero-order valence-electron chi connectivity index (χ0n) is 14.7. The summed E-state index contributed by atoms with van der Waals surface area (Å²) in [6, 6.07) is 5.09. The number of hydrogen-bond acceptors (Lipinski definition) is 6. The molecule has 0 atom stereocenters. The van der Waals surface area contributed by atoms with Gasteiger partial charge in [-0.15, -0.1) is 0 Å². The minimum Gasteiger partial charge on any atom is -0.472 e. The van der Waals surface area contributed by atoms with Crippen LogP contribution in [0.2, 0.25) is 0 Å². The van der Waals surface area contributed by atoms with E-state index in [4.69, 9.17) is 4.42 Å². The fraction of sp³-hybridized carbons (Fsp3) is 0.278. The minimum atomic E-state index is -3.86. The summed E-state index contributed by atoms with van der Waals surface area (Å²) in [7, 11) is -3.86. The molecule has 1 fully saturated rings. The minimum absolute atomic E-state index is 0.0494. The first-order valence-electron chi connectivity index (χ1n) is 8.69. The van der Waals surface area contributed by atoms with Crippen molar-refractivity contribution in [3.8, 4) is 0 Å². The fourth-order valence-electron chi connectivity index (χ4n) is 3.37. The molecule has 2 aliphatic rings. The highest BCUT2D eigenvalue weighted by Gasteiger charge is 2.31. The maximum absolute atomic E-state index is 12.7. The Labute approximate surface area is 160 Å². The van der Waals surface area contributed by atoms with E-state index in [1.165, 1.54) is 30.7 Å². The third kappa shape index (κ3) is 3.32. The number of likely N-dealkylation sites (tertiary alicyclic amines) is 1. The molecule has 28 heavy (non-hydrogen) atoms. The monoisotopic (exact) mass is 403 g/mol. The molecule has 1 aromatic carbocycles. The van der Waals surface area contributed by atoms with Crippen LogP contribution in [0.15, 0.2) is 46.1 Å². The highest BCUT2D eigenvalue weighted by atomic mass is 32.2. The molecular formula is C18H17N3O6S. The lowest BCUT2D eigenvalue weighted by atomic mass is 10.1. The van der Waals surface area contributed by atoms with E-state index in [2.05, 4.69) is 10.0 Å². The number of fused-ring (bicyclic) bond motifs is 1. The maximum Gasteiger partial charge on any atom is 0.258 e. The average molecular weight is 403 g/mol. The molecule has 3 amide bonds. The zero-order chi connectivity index (χ0) is 19.9. The lowest BCUT2D eigenvalue weighted by Gasteiger charge is -2.32. The quantitative estimate of drug-likeness (QED) is 0.726. The van der Waals surface area contributed by atoms with Crippen molar-refractivity contribution in [1.29, 1.82) is 0 Å². The number of furan rings is 1. The lowest BCUT2D eigenvalue weighted by Crippen LogP contribution is -2.46.